The van der Waals surface area contributed by atoms with Crippen LogP contribution in [0.15, 0.2) is 10.6 Å². The molecule has 0 amide bonds. The molecule has 0 unspecified atom stereocenters. The van der Waals surface area contributed by atoms with Crippen molar-refractivity contribution in [1.82, 2.24) is 20.0 Å². The van der Waals surface area contributed by atoms with E-state index in [2.05, 4.69) is 15.3 Å². The Morgan fingerprint density at radius 2 is 2.29 bits per heavy atom. The van der Waals surface area contributed by atoms with Crippen molar-refractivity contribution in [3.8, 4) is 11.6 Å². The van der Waals surface area contributed by atoms with E-state index in [0.29, 0.717) is 22.5 Å². The molecule has 0 atom stereocenters. The van der Waals surface area contributed by atoms with Crippen LogP contribution in [0.5, 0.6) is 0 Å². The zero-order valence-electron chi connectivity index (χ0n) is 7.86. The Labute approximate surface area is 85.7 Å². The molecule has 14 heavy (non-hydrogen) atoms. The van der Waals surface area contributed by atoms with Gasteiger partial charge in [0, 0.05) is 19.7 Å². The highest BCUT2D eigenvalue weighted by Gasteiger charge is 2.14. The number of aromatic nitrogens is 4. The van der Waals surface area contributed by atoms with Crippen LogP contribution in [0.1, 0.15) is 12.8 Å². The molecule has 0 saturated heterocycles. The molecule has 0 fully saturated rings. The van der Waals surface area contributed by atoms with Gasteiger partial charge < -0.3 is 4.42 Å². The van der Waals surface area contributed by atoms with Gasteiger partial charge in [-0.3, -0.25) is 4.68 Å². The lowest BCUT2D eigenvalue weighted by molar-refractivity contribution is 0.528. The van der Waals surface area contributed by atoms with Crippen LogP contribution in [-0.2, 0) is 6.54 Å². The van der Waals surface area contributed by atoms with Crippen molar-refractivity contribution in [1.29, 1.82) is 0 Å². The van der Waals surface area contributed by atoms with Crippen LogP contribution in [0.2, 0.25) is 5.02 Å². The minimum atomic E-state index is 0.361. The summed E-state index contributed by atoms with van der Waals surface area (Å²) in [5, 5.41) is 12.3. The maximum Gasteiger partial charge on any atom is 0.269 e. The minimum absolute atomic E-state index is 0.361. The summed E-state index contributed by atoms with van der Waals surface area (Å²) >= 11 is 5.96. The molecule has 74 valence electrons. The molecule has 0 aliphatic heterocycles. The van der Waals surface area contributed by atoms with Crippen molar-refractivity contribution in [3.63, 3.8) is 0 Å². The smallest absolute Gasteiger partial charge is 0.269 e. The van der Waals surface area contributed by atoms with Crippen molar-refractivity contribution in [2.24, 2.45) is 0 Å². The van der Waals surface area contributed by atoms with Crippen LogP contribution < -0.4 is 0 Å². The van der Waals surface area contributed by atoms with Gasteiger partial charge in [-0.2, -0.15) is 5.10 Å². The van der Waals surface area contributed by atoms with Gasteiger partial charge in [0.15, 0.2) is 5.69 Å². The normalized spacial score (nSPS) is 10.8. The second-order valence-electron chi connectivity index (χ2n) is 2.81. The molecular formula is C8H9ClN4O. The highest BCUT2D eigenvalue weighted by Crippen LogP contribution is 2.24. The van der Waals surface area contributed by atoms with Gasteiger partial charge >= 0.3 is 0 Å². The average molecular weight is 213 g/mol. The molecule has 5 nitrogen and oxygen atoms in total. The number of rotatable bonds is 2. The fourth-order valence-corrected chi connectivity index (χ4v) is 1.33. The highest BCUT2D eigenvalue weighted by molar-refractivity contribution is 6.32. The average Bonchev–Trinajstić information content (AvgIpc) is 2.71. The van der Waals surface area contributed by atoms with Crippen LogP contribution in [0.3, 0.4) is 0 Å². The third-order valence-electron chi connectivity index (χ3n) is 1.77. The molecule has 0 aromatic carbocycles. The standard InChI is InChI=1S/C8H9ClN4O/c1-3-13-4-6(9)7(12-13)8-11-10-5(2)14-8/h4H,3H2,1-2H3. The molecule has 2 rings (SSSR count). The summed E-state index contributed by atoms with van der Waals surface area (Å²) in [7, 11) is 0. The van der Waals surface area contributed by atoms with Gasteiger partial charge in [0.25, 0.3) is 5.89 Å². The predicted octanol–water partition coefficient (Wildman–Crippen LogP) is 1.91. The topological polar surface area (TPSA) is 56.7 Å². The van der Waals surface area contributed by atoms with Gasteiger partial charge in [-0.05, 0) is 6.92 Å². The van der Waals surface area contributed by atoms with E-state index in [0.717, 1.165) is 6.54 Å². The summed E-state index contributed by atoms with van der Waals surface area (Å²) in [5.41, 5.74) is 0.536. The van der Waals surface area contributed by atoms with Crippen molar-refractivity contribution >= 4 is 11.6 Å². The molecule has 0 bridgehead atoms. The lowest BCUT2D eigenvalue weighted by Crippen LogP contribution is -1.93. The predicted molar refractivity (Wildman–Crippen MR) is 50.9 cm³/mol. The SMILES string of the molecule is CCn1cc(Cl)c(-c2nnc(C)o2)n1. The van der Waals surface area contributed by atoms with Gasteiger partial charge in [0.05, 0.1) is 5.02 Å². The van der Waals surface area contributed by atoms with Crippen LogP contribution in [0.4, 0.5) is 0 Å². The third kappa shape index (κ3) is 1.50. The Balaban J connectivity index is 2.45. The summed E-state index contributed by atoms with van der Waals surface area (Å²) in [4.78, 5) is 0. The van der Waals surface area contributed by atoms with Gasteiger partial charge in [-0.25, -0.2) is 0 Å². The fraction of sp³-hybridized carbons (Fsp3) is 0.375. The van der Waals surface area contributed by atoms with E-state index in [4.69, 9.17) is 16.0 Å². The Morgan fingerprint density at radius 3 is 2.79 bits per heavy atom. The third-order valence-corrected chi connectivity index (χ3v) is 2.05. The zero-order chi connectivity index (χ0) is 10.1. The van der Waals surface area contributed by atoms with Crippen LogP contribution in [0, 0.1) is 6.92 Å². The molecule has 6 heteroatoms. The number of halogens is 1. The first kappa shape index (κ1) is 9.21. The van der Waals surface area contributed by atoms with E-state index >= 15 is 0 Å². The monoisotopic (exact) mass is 212 g/mol. The summed E-state index contributed by atoms with van der Waals surface area (Å²) in [5.74, 6) is 0.863. The quantitative estimate of drug-likeness (QED) is 0.763. The molecule has 0 aliphatic carbocycles. The van der Waals surface area contributed by atoms with Gasteiger partial charge in [-0.15, -0.1) is 10.2 Å². The van der Waals surface area contributed by atoms with E-state index < -0.39 is 0 Å². The number of hydrogen-bond donors (Lipinski definition) is 0. The van der Waals surface area contributed by atoms with E-state index in [1.807, 2.05) is 6.92 Å². The Hall–Kier alpha value is -1.36. The summed E-state index contributed by atoms with van der Waals surface area (Å²) in [6.07, 6.45) is 1.73. The van der Waals surface area contributed by atoms with E-state index in [1.54, 1.807) is 17.8 Å². The molecule has 0 spiro atoms. The van der Waals surface area contributed by atoms with Crippen LogP contribution in [0.25, 0.3) is 11.6 Å². The molecule has 0 saturated carbocycles. The highest BCUT2D eigenvalue weighted by atomic mass is 35.5. The van der Waals surface area contributed by atoms with Crippen molar-refractivity contribution < 1.29 is 4.42 Å². The molecular weight excluding hydrogens is 204 g/mol. The first-order valence-electron chi connectivity index (χ1n) is 4.24. The maximum absolute atomic E-state index is 5.96. The Kier molecular flexibility index (Phi) is 2.25. The number of nitrogens with zero attached hydrogens (tertiary/aromatic N) is 4. The van der Waals surface area contributed by atoms with Crippen LogP contribution >= 0.6 is 11.6 Å². The molecule has 2 aromatic rings. The molecule has 0 aliphatic rings. The van der Waals surface area contributed by atoms with Gasteiger partial charge in [-0.1, -0.05) is 11.6 Å². The van der Waals surface area contributed by atoms with Crippen molar-refractivity contribution in [3.05, 3.63) is 17.1 Å². The second kappa shape index (κ2) is 3.42. The molecule has 2 aromatic heterocycles. The first-order chi connectivity index (χ1) is 6.70. The summed E-state index contributed by atoms with van der Waals surface area (Å²) in [6, 6.07) is 0. The van der Waals surface area contributed by atoms with Gasteiger partial charge in [0.2, 0.25) is 5.89 Å². The molecule has 0 radical (unpaired) electrons. The Bertz CT molecular complexity index is 448. The number of hydrogen-bond acceptors (Lipinski definition) is 4. The van der Waals surface area contributed by atoms with E-state index in [1.165, 1.54) is 0 Å². The summed E-state index contributed by atoms with van der Waals surface area (Å²) in [6.45, 7) is 4.46. The van der Waals surface area contributed by atoms with Gasteiger partial charge in [0.1, 0.15) is 0 Å². The maximum atomic E-state index is 5.96. The lowest BCUT2D eigenvalue weighted by Gasteiger charge is -1.90. The first-order valence-corrected chi connectivity index (χ1v) is 4.62. The minimum Gasteiger partial charge on any atom is -0.420 e. The Morgan fingerprint density at radius 1 is 1.50 bits per heavy atom. The zero-order valence-corrected chi connectivity index (χ0v) is 8.62. The fourth-order valence-electron chi connectivity index (χ4n) is 1.10. The number of aryl methyl sites for hydroxylation is 2. The summed E-state index contributed by atoms with van der Waals surface area (Å²) < 4.78 is 6.95. The van der Waals surface area contributed by atoms with Crippen molar-refractivity contribution in [2.45, 2.75) is 20.4 Å². The molecule has 0 N–H and O–H groups in total. The van der Waals surface area contributed by atoms with E-state index in [9.17, 15) is 0 Å². The second-order valence-corrected chi connectivity index (χ2v) is 3.21. The largest absolute Gasteiger partial charge is 0.420 e. The molecule has 2 heterocycles. The van der Waals surface area contributed by atoms with Crippen LogP contribution in [-0.4, -0.2) is 20.0 Å². The van der Waals surface area contributed by atoms with Crippen molar-refractivity contribution in [2.75, 3.05) is 0 Å². The van der Waals surface area contributed by atoms with E-state index in [-0.39, 0.29) is 0 Å². The lowest BCUT2D eigenvalue weighted by atomic mass is 10.4.